The van der Waals surface area contributed by atoms with Gasteiger partial charge in [0.1, 0.15) is 0 Å². The third-order valence-corrected chi connectivity index (χ3v) is 6.67. The number of hydrogen-bond acceptors (Lipinski definition) is 4. The molecule has 0 radical (unpaired) electrons. The molecule has 0 amide bonds. The second-order valence-corrected chi connectivity index (χ2v) is 8.49. The topological polar surface area (TPSA) is 45.6 Å². The summed E-state index contributed by atoms with van der Waals surface area (Å²) >= 11 is 0. The molecular weight excluding hydrogens is 348 g/mol. The fourth-order valence-corrected chi connectivity index (χ4v) is 5.14. The van der Waals surface area contributed by atoms with E-state index < -0.39 is 6.10 Å². The number of ether oxygens (including phenoxy) is 1. The maximum Gasteiger partial charge on any atom is 0.0965 e. The van der Waals surface area contributed by atoms with Crippen molar-refractivity contribution in [1.29, 1.82) is 0 Å². The first-order valence-corrected chi connectivity index (χ1v) is 10.6. The molecule has 28 heavy (non-hydrogen) atoms. The van der Waals surface area contributed by atoms with Gasteiger partial charge in [0.15, 0.2) is 0 Å². The number of pyridine rings is 1. The lowest BCUT2D eigenvalue weighted by atomic mass is 9.84. The van der Waals surface area contributed by atoms with E-state index in [0.29, 0.717) is 11.8 Å². The van der Waals surface area contributed by atoms with Crippen LogP contribution < -0.4 is 0 Å². The first kappa shape index (κ1) is 19.6. The van der Waals surface area contributed by atoms with Gasteiger partial charge < -0.3 is 14.7 Å². The number of piperidine rings is 1. The maximum absolute atomic E-state index is 10.7. The number of hydrogen-bond donors (Lipinski definition) is 1. The molecule has 150 valence electrons. The minimum Gasteiger partial charge on any atom is -0.387 e. The Morgan fingerprint density at radius 1 is 1.18 bits per heavy atom. The summed E-state index contributed by atoms with van der Waals surface area (Å²) in [4.78, 5) is 6.98. The number of aliphatic hydroxyl groups excluding tert-OH is 1. The molecule has 0 unspecified atom stereocenters. The van der Waals surface area contributed by atoms with Crippen LogP contribution in [0.25, 0.3) is 0 Å². The number of methoxy groups -OCH3 is 1. The summed E-state index contributed by atoms with van der Waals surface area (Å²) in [6, 6.07) is 12.8. The van der Waals surface area contributed by atoms with E-state index in [4.69, 9.17) is 4.74 Å². The fraction of sp³-hybridized carbons (Fsp3) is 0.542. The van der Waals surface area contributed by atoms with Crippen molar-refractivity contribution in [3.63, 3.8) is 0 Å². The lowest BCUT2D eigenvalue weighted by Gasteiger charge is -2.40. The first-order valence-electron chi connectivity index (χ1n) is 10.6. The average molecular weight is 381 g/mol. The molecule has 4 rings (SSSR count). The van der Waals surface area contributed by atoms with Crippen molar-refractivity contribution in [3.05, 3.63) is 65.0 Å². The van der Waals surface area contributed by atoms with Crippen LogP contribution in [0, 0.1) is 12.8 Å². The van der Waals surface area contributed by atoms with Crippen LogP contribution in [0.1, 0.15) is 53.7 Å². The van der Waals surface area contributed by atoms with Crippen molar-refractivity contribution in [2.75, 3.05) is 26.7 Å². The number of benzene rings is 1. The van der Waals surface area contributed by atoms with Crippen LogP contribution >= 0.6 is 0 Å². The molecule has 0 spiro atoms. The monoisotopic (exact) mass is 380 g/mol. The van der Waals surface area contributed by atoms with Crippen molar-refractivity contribution in [1.82, 2.24) is 9.88 Å². The van der Waals surface area contributed by atoms with Crippen LogP contribution in [0.15, 0.2) is 42.6 Å². The number of aryl methyl sites for hydroxylation is 2. The summed E-state index contributed by atoms with van der Waals surface area (Å²) in [6.07, 6.45) is 5.64. The number of nitrogens with zero attached hydrogens (tertiary/aromatic N) is 2. The van der Waals surface area contributed by atoms with E-state index in [9.17, 15) is 5.11 Å². The van der Waals surface area contributed by atoms with Crippen LogP contribution in [0.2, 0.25) is 0 Å². The number of aliphatic hydroxyl groups is 1. The van der Waals surface area contributed by atoms with Crippen molar-refractivity contribution < 1.29 is 9.84 Å². The largest absolute Gasteiger partial charge is 0.387 e. The summed E-state index contributed by atoms with van der Waals surface area (Å²) in [5, 5.41) is 10.7. The Morgan fingerprint density at radius 2 is 2.04 bits per heavy atom. The van der Waals surface area contributed by atoms with Gasteiger partial charge in [-0.2, -0.15) is 0 Å². The molecule has 0 saturated carbocycles. The van der Waals surface area contributed by atoms with E-state index in [2.05, 4.69) is 47.1 Å². The Balaban J connectivity index is 1.40. The van der Waals surface area contributed by atoms with Gasteiger partial charge in [-0.1, -0.05) is 30.3 Å². The summed E-state index contributed by atoms with van der Waals surface area (Å²) in [7, 11) is 1.84. The highest BCUT2D eigenvalue weighted by atomic mass is 16.5. The van der Waals surface area contributed by atoms with Gasteiger partial charge in [-0.3, -0.25) is 4.98 Å². The van der Waals surface area contributed by atoms with E-state index in [1.807, 2.05) is 13.2 Å². The third kappa shape index (κ3) is 4.14. The van der Waals surface area contributed by atoms with E-state index in [1.165, 1.54) is 16.7 Å². The van der Waals surface area contributed by atoms with Gasteiger partial charge in [0.05, 0.1) is 17.9 Å². The second-order valence-electron chi connectivity index (χ2n) is 8.49. The lowest BCUT2D eigenvalue weighted by Crippen LogP contribution is -2.45. The summed E-state index contributed by atoms with van der Waals surface area (Å²) in [5.74, 6) is 0.965. The summed E-state index contributed by atoms with van der Waals surface area (Å²) in [6.45, 7) is 5.29. The lowest BCUT2D eigenvalue weighted by molar-refractivity contribution is 0.00610. The van der Waals surface area contributed by atoms with Crippen LogP contribution in [0.3, 0.4) is 0 Å². The fourth-order valence-electron chi connectivity index (χ4n) is 5.14. The number of rotatable bonds is 4. The van der Waals surface area contributed by atoms with Gasteiger partial charge in [-0.05, 0) is 67.8 Å². The highest BCUT2D eigenvalue weighted by Crippen LogP contribution is 2.35. The quantitative estimate of drug-likeness (QED) is 0.818. The molecule has 2 heterocycles. The minimum absolute atomic E-state index is 0.226. The van der Waals surface area contributed by atoms with Gasteiger partial charge in [-0.15, -0.1) is 0 Å². The molecule has 1 aliphatic heterocycles. The predicted molar refractivity (Wildman–Crippen MR) is 111 cm³/mol. The molecule has 4 heteroatoms. The Bertz CT molecular complexity index is 794. The van der Waals surface area contributed by atoms with Crippen LogP contribution in [-0.2, 0) is 11.2 Å². The molecule has 2 aromatic rings. The Morgan fingerprint density at radius 3 is 2.86 bits per heavy atom. The van der Waals surface area contributed by atoms with E-state index in [-0.39, 0.29) is 6.10 Å². The number of aromatic nitrogens is 1. The van der Waals surface area contributed by atoms with Crippen molar-refractivity contribution >= 4 is 0 Å². The molecule has 1 N–H and O–H groups in total. The molecule has 4 nitrogen and oxygen atoms in total. The highest BCUT2D eigenvalue weighted by Gasteiger charge is 2.33. The van der Waals surface area contributed by atoms with Crippen molar-refractivity contribution in [3.8, 4) is 0 Å². The molecule has 1 aromatic carbocycles. The second kappa shape index (κ2) is 8.73. The van der Waals surface area contributed by atoms with E-state index in [1.54, 1.807) is 6.20 Å². The zero-order chi connectivity index (χ0) is 19.5. The molecule has 0 bridgehead atoms. The third-order valence-electron chi connectivity index (χ3n) is 6.67. The molecule has 1 fully saturated rings. The molecule has 1 saturated heterocycles. The molecule has 2 aliphatic rings. The van der Waals surface area contributed by atoms with Gasteiger partial charge in [0.2, 0.25) is 0 Å². The van der Waals surface area contributed by atoms with Crippen molar-refractivity contribution in [2.24, 2.45) is 5.92 Å². The number of likely N-dealkylation sites (tertiary alicyclic amines) is 1. The van der Waals surface area contributed by atoms with Gasteiger partial charge in [0.25, 0.3) is 0 Å². The minimum atomic E-state index is -0.438. The van der Waals surface area contributed by atoms with Gasteiger partial charge in [-0.25, -0.2) is 0 Å². The Kier molecular flexibility index (Phi) is 6.10. The Hall–Kier alpha value is -1.75. The van der Waals surface area contributed by atoms with Gasteiger partial charge in [0, 0.05) is 32.3 Å². The predicted octanol–water partition coefficient (Wildman–Crippen LogP) is 3.88. The molecule has 1 aliphatic carbocycles. The molecule has 1 aromatic heterocycles. The maximum atomic E-state index is 10.7. The van der Waals surface area contributed by atoms with Crippen LogP contribution in [0.5, 0.6) is 0 Å². The SMILES string of the molecule is CO[C@H]1CN(C[C@@H]2CCc3cccnc3[C@@H](O)C2)CC[C@@H]1c1ccccc1C. The van der Waals surface area contributed by atoms with E-state index in [0.717, 1.165) is 51.0 Å². The summed E-state index contributed by atoms with van der Waals surface area (Å²) in [5.41, 5.74) is 4.89. The van der Waals surface area contributed by atoms with Crippen LogP contribution in [0.4, 0.5) is 0 Å². The Labute approximate surface area is 168 Å². The molecule has 4 atom stereocenters. The zero-order valence-corrected chi connectivity index (χ0v) is 17.1. The smallest absolute Gasteiger partial charge is 0.0965 e. The zero-order valence-electron chi connectivity index (χ0n) is 17.1. The highest BCUT2D eigenvalue weighted by molar-refractivity contribution is 5.30. The average Bonchev–Trinajstić information content (AvgIpc) is 2.87. The molecular formula is C24H32N2O2. The normalized spacial score (nSPS) is 28.5. The summed E-state index contributed by atoms with van der Waals surface area (Å²) < 4.78 is 5.93. The van der Waals surface area contributed by atoms with Gasteiger partial charge >= 0.3 is 0 Å². The van der Waals surface area contributed by atoms with Crippen LogP contribution in [-0.4, -0.2) is 47.8 Å². The van der Waals surface area contributed by atoms with E-state index >= 15 is 0 Å². The number of fused-ring (bicyclic) bond motifs is 1. The first-order chi connectivity index (χ1) is 13.7. The standard InChI is InChI=1S/C24H32N2O2/c1-17-6-3-4-8-20(17)21-11-13-26(16-23(21)28-2)15-18-9-10-19-7-5-12-25-24(19)22(27)14-18/h3-8,12,18,21-23,27H,9-11,13-16H2,1-2H3/t18-,21-,22+,23+/m1/s1. The van der Waals surface area contributed by atoms with Crippen molar-refractivity contribution in [2.45, 2.75) is 50.7 Å².